The summed E-state index contributed by atoms with van der Waals surface area (Å²) in [4.78, 5) is 4.71. The zero-order valence-electron chi connectivity index (χ0n) is 16.3. The number of thiocarbonyl (C=S) groups is 1. The molecule has 1 fully saturated rings. The molecule has 1 N–H and O–H groups in total. The quantitative estimate of drug-likeness (QED) is 0.705. The zero-order valence-corrected chi connectivity index (χ0v) is 17.9. The zero-order chi connectivity index (χ0) is 19.4. The Labute approximate surface area is 173 Å². The maximum atomic E-state index is 6.45. The van der Waals surface area contributed by atoms with Crippen LogP contribution in [0.25, 0.3) is 0 Å². The summed E-state index contributed by atoms with van der Waals surface area (Å²) in [6.45, 7) is 7.15. The number of hydrogen-bond acceptors (Lipinski definition) is 2. The number of halogens is 1. The van der Waals surface area contributed by atoms with E-state index < -0.39 is 0 Å². The van der Waals surface area contributed by atoms with Crippen LogP contribution in [-0.2, 0) is 6.54 Å². The van der Waals surface area contributed by atoms with Crippen LogP contribution in [0.4, 0.5) is 5.69 Å². The van der Waals surface area contributed by atoms with Crippen LogP contribution in [0, 0.1) is 13.8 Å². The molecule has 0 aliphatic carbocycles. The van der Waals surface area contributed by atoms with Crippen LogP contribution in [0.1, 0.15) is 29.5 Å². The Bertz CT molecular complexity index is 780. The van der Waals surface area contributed by atoms with Gasteiger partial charge in [0.1, 0.15) is 0 Å². The molecule has 3 nitrogen and oxygen atoms in total. The Hall–Kier alpha value is -1.62. The van der Waals surface area contributed by atoms with Crippen LogP contribution in [0.15, 0.2) is 42.5 Å². The molecule has 27 heavy (non-hydrogen) atoms. The van der Waals surface area contributed by atoms with Crippen molar-refractivity contribution in [3.63, 3.8) is 0 Å². The van der Waals surface area contributed by atoms with E-state index in [4.69, 9.17) is 23.8 Å². The third-order valence-corrected chi connectivity index (χ3v) is 6.11. The van der Waals surface area contributed by atoms with Crippen molar-refractivity contribution < 1.29 is 0 Å². The predicted molar refractivity (Wildman–Crippen MR) is 120 cm³/mol. The normalized spacial score (nSPS) is 15.6. The van der Waals surface area contributed by atoms with E-state index in [0.717, 1.165) is 53.9 Å². The fraction of sp³-hybridized carbons (Fsp3) is 0.409. The summed E-state index contributed by atoms with van der Waals surface area (Å²) in [6.07, 6.45) is 2.21. The number of aryl methyl sites for hydroxylation is 2. The number of rotatable bonds is 4. The van der Waals surface area contributed by atoms with Crippen molar-refractivity contribution in [1.29, 1.82) is 0 Å². The molecule has 0 unspecified atom stereocenters. The maximum absolute atomic E-state index is 6.45. The third kappa shape index (κ3) is 5.01. The molecular weight excluding hydrogens is 374 g/mol. The standard InChI is InChI=1S/C22H28ClN3S/c1-16-7-6-8-17(2)21(16)24-22(27)26(19-11-13-25(3)14-12-19)15-18-9-4-5-10-20(18)23/h4-10,19H,11-15H2,1-3H3,(H,24,27). The summed E-state index contributed by atoms with van der Waals surface area (Å²) in [5, 5.41) is 5.10. The predicted octanol–water partition coefficient (Wildman–Crippen LogP) is 5.25. The molecule has 0 amide bonds. The van der Waals surface area contributed by atoms with Crippen molar-refractivity contribution >= 4 is 34.6 Å². The molecule has 2 aromatic carbocycles. The van der Waals surface area contributed by atoms with Crippen molar-refractivity contribution in [2.75, 3.05) is 25.5 Å². The summed E-state index contributed by atoms with van der Waals surface area (Å²) in [5.41, 5.74) is 4.64. The molecular formula is C22H28ClN3S. The highest BCUT2D eigenvalue weighted by molar-refractivity contribution is 7.80. The van der Waals surface area contributed by atoms with Gasteiger partial charge in [-0.3, -0.25) is 0 Å². The molecule has 1 heterocycles. The minimum atomic E-state index is 0.418. The molecule has 0 aromatic heterocycles. The van der Waals surface area contributed by atoms with Gasteiger partial charge in [0.05, 0.1) is 0 Å². The number of para-hydroxylation sites is 1. The van der Waals surface area contributed by atoms with E-state index in [1.165, 1.54) is 11.1 Å². The fourth-order valence-corrected chi connectivity index (χ4v) is 4.19. The van der Waals surface area contributed by atoms with Gasteiger partial charge in [-0.2, -0.15) is 0 Å². The Kier molecular flexibility index (Phi) is 6.74. The molecule has 0 spiro atoms. The largest absolute Gasteiger partial charge is 0.342 e. The van der Waals surface area contributed by atoms with Gasteiger partial charge in [0.25, 0.3) is 0 Å². The van der Waals surface area contributed by atoms with E-state index in [1.54, 1.807) is 0 Å². The van der Waals surface area contributed by atoms with Gasteiger partial charge in [-0.25, -0.2) is 0 Å². The van der Waals surface area contributed by atoms with E-state index in [0.29, 0.717) is 6.04 Å². The number of nitrogens with one attached hydrogen (secondary N) is 1. The van der Waals surface area contributed by atoms with Crippen molar-refractivity contribution in [2.24, 2.45) is 0 Å². The Morgan fingerprint density at radius 1 is 1.11 bits per heavy atom. The van der Waals surface area contributed by atoms with Crippen molar-refractivity contribution in [3.05, 3.63) is 64.2 Å². The third-order valence-electron chi connectivity index (χ3n) is 5.40. The number of nitrogens with zero attached hydrogens (tertiary/aromatic N) is 2. The highest BCUT2D eigenvalue weighted by Crippen LogP contribution is 2.25. The van der Waals surface area contributed by atoms with Crippen molar-refractivity contribution in [3.8, 4) is 0 Å². The summed E-state index contributed by atoms with van der Waals surface area (Å²) < 4.78 is 0. The van der Waals surface area contributed by atoms with Gasteiger partial charge in [-0.05, 0) is 81.8 Å². The lowest BCUT2D eigenvalue weighted by Crippen LogP contribution is -2.47. The molecule has 0 bridgehead atoms. The van der Waals surface area contributed by atoms with Gasteiger partial charge >= 0.3 is 0 Å². The van der Waals surface area contributed by atoms with E-state index >= 15 is 0 Å². The number of benzene rings is 2. The summed E-state index contributed by atoms with van der Waals surface area (Å²) in [5.74, 6) is 0. The summed E-state index contributed by atoms with van der Waals surface area (Å²) in [6, 6.07) is 14.8. The number of piperidine rings is 1. The Morgan fingerprint density at radius 3 is 2.37 bits per heavy atom. The van der Waals surface area contributed by atoms with Crippen LogP contribution in [0.2, 0.25) is 5.02 Å². The first-order valence-corrected chi connectivity index (χ1v) is 10.3. The average Bonchev–Trinajstić information content (AvgIpc) is 2.65. The van der Waals surface area contributed by atoms with Gasteiger partial charge in [0.15, 0.2) is 5.11 Å². The van der Waals surface area contributed by atoms with Crippen LogP contribution in [-0.4, -0.2) is 41.1 Å². The topological polar surface area (TPSA) is 18.5 Å². The minimum Gasteiger partial charge on any atom is -0.342 e. The summed E-state index contributed by atoms with van der Waals surface area (Å²) in [7, 11) is 2.18. The molecule has 0 atom stereocenters. The van der Waals surface area contributed by atoms with E-state index in [-0.39, 0.29) is 0 Å². The second-order valence-corrected chi connectivity index (χ2v) is 8.24. The lowest BCUT2D eigenvalue weighted by Gasteiger charge is -2.39. The molecule has 2 aromatic rings. The molecule has 0 saturated carbocycles. The number of likely N-dealkylation sites (tertiary alicyclic amines) is 1. The van der Waals surface area contributed by atoms with Crippen molar-refractivity contribution in [1.82, 2.24) is 9.80 Å². The highest BCUT2D eigenvalue weighted by atomic mass is 35.5. The molecule has 0 radical (unpaired) electrons. The monoisotopic (exact) mass is 401 g/mol. The first-order valence-electron chi connectivity index (χ1n) is 9.51. The highest BCUT2D eigenvalue weighted by Gasteiger charge is 2.26. The van der Waals surface area contributed by atoms with Crippen molar-refractivity contribution in [2.45, 2.75) is 39.3 Å². The second-order valence-electron chi connectivity index (χ2n) is 7.45. The van der Waals surface area contributed by atoms with Gasteiger partial charge in [-0.1, -0.05) is 48.0 Å². The lowest BCUT2D eigenvalue weighted by molar-refractivity contribution is 0.173. The molecule has 1 saturated heterocycles. The van der Waals surface area contributed by atoms with Crippen LogP contribution < -0.4 is 5.32 Å². The van der Waals surface area contributed by atoms with Crippen LogP contribution >= 0.6 is 23.8 Å². The SMILES string of the molecule is Cc1cccc(C)c1NC(=S)N(Cc1ccccc1Cl)C1CCN(C)CC1. The van der Waals surface area contributed by atoms with E-state index in [2.05, 4.69) is 60.3 Å². The lowest BCUT2D eigenvalue weighted by atomic mass is 10.0. The molecule has 144 valence electrons. The molecule has 1 aliphatic heterocycles. The number of anilines is 1. The fourth-order valence-electron chi connectivity index (χ4n) is 3.67. The first-order chi connectivity index (χ1) is 13.0. The molecule has 5 heteroatoms. The van der Waals surface area contributed by atoms with Crippen LogP contribution in [0.5, 0.6) is 0 Å². The van der Waals surface area contributed by atoms with Gasteiger partial charge in [-0.15, -0.1) is 0 Å². The first kappa shape index (κ1) is 20.1. The summed E-state index contributed by atoms with van der Waals surface area (Å²) >= 11 is 12.3. The second kappa shape index (κ2) is 9.05. The van der Waals surface area contributed by atoms with Gasteiger partial charge in [0, 0.05) is 23.3 Å². The van der Waals surface area contributed by atoms with Crippen LogP contribution in [0.3, 0.4) is 0 Å². The van der Waals surface area contributed by atoms with E-state index in [1.807, 2.05) is 18.2 Å². The molecule has 1 aliphatic rings. The number of hydrogen-bond donors (Lipinski definition) is 1. The Balaban J connectivity index is 1.84. The average molecular weight is 402 g/mol. The minimum absolute atomic E-state index is 0.418. The van der Waals surface area contributed by atoms with Gasteiger partial charge in [0.2, 0.25) is 0 Å². The van der Waals surface area contributed by atoms with Gasteiger partial charge < -0.3 is 15.1 Å². The maximum Gasteiger partial charge on any atom is 0.173 e. The molecule has 3 rings (SSSR count). The smallest absolute Gasteiger partial charge is 0.173 e. The Morgan fingerprint density at radius 2 is 1.74 bits per heavy atom. The van der Waals surface area contributed by atoms with E-state index in [9.17, 15) is 0 Å².